The Morgan fingerprint density at radius 2 is 1.54 bits per heavy atom. The first-order chi connectivity index (χ1) is 23.2. The number of nitrogens with zero attached hydrogens (tertiary/aromatic N) is 2. The van der Waals surface area contributed by atoms with Crippen LogP contribution in [0.1, 0.15) is 45.6 Å². The van der Waals surface area contributed by atoms with Crippen LogP contribution in [-0.4, -0.2) is 48.9 Å². The second kappa shape index (κ2) is 16.5. The van der Waals surface area contributed by atoms with E-state index >= 15 is 0 Å². The standard InChI is InChI=1S/C38H38ClN3O5S/c1-2-40-38(44)34-23-33(18-19-36(34)47-27-30-11-7-4-8-12-30)48(45,46)32-16-13-28(14-17-32)21-22-42(25-29-9-5-3-6-10-29)26-35(43)31-15-20-37(39)41-24-31/h3-20,23-24,35,43H,2,21-22,25-27H2,1H3,(H,40,44)/t35-/m1/s1. The van der Waals surface area contributed by atoms with Gasteiger partial charge in [-0.1, -0.05) is 90.5 Å². The fraction of sp³-hybridized carbons (Fsp3) is 0.211. The molecule has 5 aromatic rings. The van der Waals surface area contributed by atoms with Gasteiger partial charge in [0, 0.05) is 37.9 Å². The maximum atomic E-state index is 13.7. The number of nitrogens with one attached hydrogen (secondary N) is 1. The molecule has 0 saturated carbocycles. The van der Waals surface area contributed by atoms with E-state index in [1.165, 1.54) is 18.2 Å². The third-order valence-corrected chi connectivity index (χ3v) is 9.84. The first kappa shape index (κ1) is 34.8. The zero-order valence-corrected chi connectivity index (χ0v) is 28.2. The van der Waals surface area contributed by atoms with Gasteiger partial charge in [0.2, 0.25) is 9.84 Å². The Bertz CT molecular complexity index is 1890. The van der Waals surface area contributed by atoms with Crippen molar-refractivity contribution in [1.82, 2.24) is 15.2 Å². The molecular weight excluding hydrogens is 646 g/mol. The van der Waals surface area contributed by atoms with E-state index < -0.39 is 21.8 Å². The first-order valence-electron chi connectivity index (χ1n) is 15.7. The number of hydrogen-bond acceptors (Lipinski definition) is 7. The SMILES string of the molecule is CCNC(=O)c1cc(S(=O)(=O)c2ccc(CCN(Cc3ccccc3)C[C@@H](O)c3ccc(Cl)nc3)cc2)ccc1OCc1ccccc1. The van der Waals surface area contributed by atoms with Crippen LogP contribution in [0.2, 0.25) is 5.15 Å². The largest absolute Gasteiger partial charge is 0.488 e. The number of aliphatic hydroxyl groups is 1. The van der Waals surface area contributed by atoms with Crippen molar-refractivity contribution in [1.29, 1.82) is 0 Å². The van der Waals surface area contributed by atoms with Crippen LogP contribution in [0, 0.1) is 0 Å². The zero-order chi connectivity index (χ0) is 33.9. The normalized spacial score (nSPS) is 12.1. The van der Waals surface area contributed by atoms with Gasteiger partial charge in [0.05, 0.1) is 21.5 Å². The monoisotopic (exact) mass is 683 g/mol. The average molecular weight is 684 g/mol. The van der Waals surface area contributed by atoms with Crippen LogP contribution in [0.4, 0.5) is 0 Å². The first-order valence-corrected chi connectivity index (χ1v) is 17.6. The third-order valence-electron chi connectivity index (χ3n) is 7.85. The molecule has 0 aliphatic rings. The van der Waals surface area contributed by atoms with Crippen molar-refractivity contribution in [3.63, 3.8) is 0 Å². The molecule has 248 valence electrons. The number of amides is 1. The molecule has 5 rings (SSSR count). The predicted octanol–water partition coefficient (Wildman–Crippen LogP) is 6.67. The van der Waals surface area contributed by atoms with Crippen LogP contribution in [0.5, 0.6) is 5.75 Å². The summed E-state index contributed by atoms with van der Waals surface area (Å²) in [4.78, 5) is 19.3. The second-order valence-corrected chi connectivity index (χ2v) is 13.7. The van der Waals surface area contributed by atoms with E-state index in [-0.39, 0.29) is 22.0 Å². The third kappa shape index (κ3) is 9.29. The number of hydrogen-bond donors (Lipinski definition) is 2. The Balaban J connectivity index is 1.30. The highest BCUT2D eigenvalue weighted by molar-refractivity contribution is 7.91. The number of aromatic nitrogens is 1. The molecule has 0 saturated heterocycles. The number of carbonyl (C=O) groups excluding carboxylic acids is 1. The maximum absolute atomic E-state index is 13.7. The molecule has 0 unspecified atom stereocenters. The molecule has 0 aliphatic heterocycles. The minimum absolute atomic E-state index is 0.00303. The fourth-order valence-corrected chi connectivity index (χ4v) is 6.64. The molecule has 0 aliphatic carbocycles. The minimum Gasteiger partial charge on any atom is -0.488 e. The van der Waals surface area contributed by atoms with Gasteiger partial charge in [-0.25, -0.2) is 13.4 Å². The Morgan fingerprint density at radius 1 is 0.875 bits per heavy atom. The van der Waals surface area contributed by atoms with Gasteiger partial charge >= 0.3 is 0 Å². The molecule has 4 aromatic carbocycles. The molecule has 1 aromatic heterocycles. The Hall–Kier alpha value is -4.54. The Morgan fingerprint density at radius 3 is 2.19 bits per heavy atom. The number of halogens is 1. The lowest BCUT2D eigenvalue weighted by molar-refractivity contribution is 0.0951. The summed E-state index contributed by atoms with van der Waals surface area (Å²) in [6.07, 6.45) is 1.45. The molecule has 0 bridgehead atoms. The van der Waals surface area contributed by atoms with Crippen LogP contribution in [0.3, 0.4) is 0 Å². The van der Waals surface area contributed by atoms with E-state index in [4.69, 9.17) is 16.3 Å². The Kier molecular flexibility index (Phi) is 12.0. The predicted molar refractivity (Wildman–Crippen MR) is 187 cm³/mol. The van der Waals surface area contributed by atoms with Crippen molar-refractivity contribution < 1.29 is 23.1 Å². The molecule has 0 spiro atoms. The number of aliphatic hydroxyl groups excluding tert-OH is 1. The van der Waals surface area contributed by atoms with Crippen LogP contribution in [-0.2, 0) is 29.4 Å². The van der Waals surface area contributed by atoms with Gasteiger partial charge in [-0.15, -0.1) is 0 Å². The summed E-state index contributed by atoms with van der Waals surface area (Å²) in [5.41, 5.74) is 3.82. The van der Waals surface area contributed by atoms with Crippen molar-refractivity contribution in [3.8, 4) is 5.75 Å². The van der Waals surface area contributed by atoms with Gasteiger partial charge < -0.3 is 15.2 Å². The number of sulfone groups is 1. The van der Waals surface area contributed by atoms with Gasteiger partial charge in [-0.05, 0) is 66.4 Å². The molecule has 8 nitrogen and oxygen atoms in total. The van der Waals surface area contributed by atoms with E-state index in [0.29, 0.717) is 49.1 Å². The molecule has 0 fully saturated rings. The molecule has 1 amide bonds. The molecule has 1 atom stereocenters. The maximum Gasteiger partial charge on any atom is 0.255 e. The molecule has 0 radical (unpaired) electrons. The minimum atomic E-state index is -3.93. The van der Waals surface area contributed by atoms with Crippen molar-refractivity contribution >= 4 is 27.3 Å². The Labute approximate surface area is 286 Å². The lowest BCUT2D eigenvalue weighted by atomic mass is 10.1. The molecule has 2 N–H and O–H groups in total. The van der Waals surface area contributed by atoms with Gasteiger partial charge in [0.1, 0.15) is 17.5 Å². The summed E-state index contributed by atoms with van der Waals surface area (Å²) in [7, 11) is -3.93. The summed E-state index contributed by atoms with van der Waals surface area (Å²) in [6, 6.07) is 34.1. The van der Waals surface area contributed by atoms with Crippen LogP contribution >= 0.6 is 11.6 Å². The van der Waals surface area contributed by atoms with Crippen molar-refractivity contribution in [2.75, 3.05) is 19.6 Å². The number of ether oxygens (including phenoxy) is 1. The fourth-order valence-electron chi connectivity index (χ4n) is 5.24. The smallest absolute Gasteiger partial charge is 0.255 e. The molecule has 10 heteroatoms. The second-order valence-electron chi connectivity index (χ2n) is 11.3. The van der Waals surface area contributed by atoms with Crippen molar-refractivity contribution in [3.05, 3.63) is 154 Å². The summed E-state index contributed by atoms with van der Waals surface area (Å²) in [6.45, 7) is 4.05. The van der Waals surface area contributed by atoms with E-state index in [0.717, 1.165) is 16.7 Å². The summed E-state index contributed by atoms with van der Waals surface area (Å²) in [5, 5.41) is 14.1. The number of benzene rings is 4. The highest BCUT2D eigenvalue weighted by atomic mass is 35.5. The topological polar surface area (TPSA) is 109 Å². The molecular formula is C38H38ClN3O5S. The van der Waals surface area contributed by atoms with Gasteiger partial charge in [0.15, 0.2) is 0 Å². The van der Waals surface area contributed by atoms with Crippen molar-refractivity contribution in [2.24, 2.45) is 0 Å². The lowest BCUT2D eigenvalue weighted by Crippen LogP contribution is -2.30. The molecule has 48 heavy (non-hydrogen) atoms. The van der Waals surface area contributed by atoms with Crippen LogP contribution < -0.4 is 10.1 Å². The van der Waals surface area contributed by atoms with Gasteiger partial charge in [0.25, 0.3) is 5.91 Å². The number of carbonyl (C=O) groups is 1. The van der Waals surface area contributed by atoms with Gasteiger partial charge in [-0.2, -0.15) is 0 Å². The van der Waals surface area contributed by atoms with Gasteiger partial charge in [-0.3, -0.25) is 9.69 Å². The van der Waals surface area contributed by atoms with Crippen LogP contribution in [0.25, 0.3) is 0 Å². The highest BCUT2D eigenvalue weighted by Gasteiger charge is 2.22. The number of rotatable bonds is 15. The van der Waals surface area contributed by atoms with E-state index in [1.54, 1.807) is 49.5 Å². The quantitative estimate of drug-likeness (QED) is 0.119. The molecule has 1 heterocycles. The number of pyridine rings is 1. The van der Waals surface area contributed by atoms with E-state index in [1.807, 2.05) is 60.7 Å². The van der Waals surface area contributed by atoms with Crippen LogP contribution in [0.15, 0.2) is 131 Å². The van der Waals surface area contributed by atoms with E-state index in [9.17, 15) is 18.3 Å². The summed E-state index contributed by atoms with van der Waals surface area (Å²) >= 11 is 5.93. The summed E-state index contributed by atoms with van der Waals surface area (Å²) in [5.74, 6) is -0.109. The highest BCUT2D eigenvalue weighted by Crippen LogP contribution is 2.28. The summed E-state index contributed by atoms with van der Waals surface area (Å²) < 4.78 is 33.3. The van der Waals surface area contributed by atoms with E-state index in [2.05, 4.69) is 15.2 Å². The zero-order valence-electron chi connectivity index (χ0n) is 26.6. The average Bonchev–Trinajstić information content (AvgIpc) is 3.11. The lowest BCUT2D eigenvalue weighted by Gasteiger charge is -2.25. The van der Waals surface area contributed by atoms with Crippen molar-refractivity contribution in [2.45, 2.75) is 42.4 Å².